The highest BCUT2D eigenvalue weighted by atomic mass is 16.5. The largest absolute Gasteiger partial charge is 0.463 e. The van der Waals surface area contributed by atoms with Gasteiger partial charge in [-0.05, 0) is 24.3 Å². The van der Waals surface area contributed by atoms with Crippen LogP contribution < -0.4 is 0 Å². The number of H-pyrrole nitrogens is 1. The molecule has 4 rings (SSSR count). The van der Waals surface area contributed by atoms with Crippen molar-refractivity contribution in [2.24, 2.45) is 0 Å². The number of aromatic nitrogens is 2. The first-order chi connectivity index (χ1) is 10.8. The third-order valence-corrected chi connectivity index (χ3v) is 3.64. The van der Waals surface area contributed by atoms with Crippen molar-refractivity contribution >= 4 is 27.8 Å². The number of benzene rings is 1. The van der Waals surface area contributed by atoms with Crippen molar-refractivity contribution in [2.75, 3.05) is 7.11 Å². The lowest BCUT2D eigenvalue weighted by Crippen LogP contribution is -1.98. The summed E-state index contributed by atoms with van der Waals surface area (Å²) in [4.78, 5) is 19.3. The fourth-order valence-corrected chi connectivity index (χ4v) is 2.66. The highest BCUT2D eigenvalue weighted by Crippen LogP contribution is 2.33. The van der Waals surface area contributed by atoms with Crippen molar-refractivity contribution in [1.82, 2.24) is 9.97 Å². The molecule has 1 aromatic carbocycles. The van der Waals surface area contributed by atoms with Gasteiger partial charge in [-0.3, -0.25) is 4.98 Å². The molecule has 0 aliphatic heterocycles. The van der Waals surface area contributed by atoms with E-state index in [9.17, 15) is 4.79 Å². The molecule has 0 saturated heterocycles. The predicted molar refractivity (Wildman–Crippen MR) is 82.6 cm³/mol. The Hall–Kier alpha value is -3.08. The van der Waals surface area contributed by atoms with E-state index in [0.29, 0.717) is 11.5 Å². The third kappa shape index (κ3) is 1.79. The van der Waals surface area contributed by atoms with E-state index in [1.54, 1.807) is 18.3 Å². The number of carbonyl (C=O) groups is 1. The number of ether oxygens (including phenoxy) is 1. The Balaban J connectivity index is 1.98. The summed E-state index contributed by atoms with van der Waals surface area (Å²) < 4.78 is 10.3. The van der Waals surface area contributed by atoms with Crippen LogP contribution in [0, 0.1) is 0 Å². The Labute approximate surface area is 125 Å². The van der Waals surface area contributed by atoms with Gasteiger partial charge in [0, 0.05) is 22.5 Å². The second-order valence-electron chi connectivity index (χ2n) is 4.91. The molecule has 0 bridgehead atoms. The quantitative estimate of drug-likeness (QED) is 0.571. The van der Waals surface area contributed by atoms with Crippen molar-refractivity contribution in [3.8, 4) is 11.5 Å². The van der Waals surface area contributed by atoms with Crippen LogP contribution in [0.15, 0.2) is 53.1 Å². The minimum atomic E-state index is -0.502. The Kier molecular flexibility index (Phi) is 2.72. The highest BCUT2D eigenvalue weighted by molar-refractivity contribution is 6.12. The molecule has 1 N–H and O–H groups in total. The van der Waals surface area contributed by atoms with Crippen LogP contribution in [0.4, 0.5) is 0 Å². The maximum absolute atomic E-state index is 11.5. The molecule has 0 radical (unpaired) electrons. The van der Waals surface area contributed by atoms with Crippen molar-refractivity contribution in [2.45, 2.75) is 0 Å². The fraction of sp³-hybridized carbons (Fsp3) is 0.0588. The molecule has 0 aliphatic rings. The number of furan rings is 1. The van der Waals surface area contributed by atoms with Gasteiger partial charge in [-0.1, -0.05) is 18.2 Å². The van der Waals surface area contributed by atoms with Gasteiger partial charge < -0.3 is 14.1 Å². The van der Waals surface area contributed by atoms with Gasteiger partial charge in [-0.2, -0.15) is 0 Å². The number of esters is 1. The lowest BCUT2D eigenvalue weighted by molar-refractivity contribution is 0.0566. The van der Waals surface area contributed by atoms with Crippen LogP contribution in [0.1, 0.15) is 10.6 Å². The second kappa shape index (κ2) is 4.73. The van der Waals surface area contributed by atoms with Gasteiger partial charge in [0.2, 0.25) is 5.76 Å². The van der Waals surface area contributed by atoms with Crippen LogP contribution in [0.25, 0.3) is 33.3 Å². The van der Waals surface area contributed by atoms with Gasteiger partial charge >= 0.3 is 5.97 Å². The van der Waals surface area contributed by atoms with Gasteiger partial charge in [0.25, 0.3) is 0 Å². The zero-order chi connectivity index (χ0) is 15.1. The summed E-state index contributed by atoms with van der Waals surface area (Å²) in [5.74, 6) is 0.198. The number of methoxy groups -OCH3 is 1. The number of aromatic amines is 1. The number of nitrogens with zero attached hydrogens (tertiary/aromatic N) is 1. The number of para-hydroxylation sites is 1. The van der Waals surface area contributed by atoms with Crippen molar-refractivity contribution in [3.63, 3.8) is 0 Å². The number of fused-ring (bicyclic) bond motifs is 3. The van der Waals surface area contributed by atoms with E-state index in [-0.39, 0.29) is 5.76 Å². The minimum absolute atomic E-state index is 0.163. The molecule has 4 aromatic rings. The average Bonchev–Trinajstić information content (AvgIpc) is 3.18. The molecule has 5 heteroatoms. The molecule has 0 aliphatic carbocycles. The molecule has 0 amide bonds. The van der Waals surface area contributed by atoms with Crippen molar-refractivity contribution in [1.29, 1.82) is 0 Å². The SMILES string of the molecule is COC(=O)c1ccc(-c2nccc3[nH]c4ccccc4c23)o1. The summed E-state index contributed by atoms with van der Waals surface area (Å²) in [5.41, 5.74) is 2.71. The number of hydrogen-bond donors (Lipinski definition) is 1. The third-order valence-electron chi connectivity index (χ3n) is 3.64. The van der Waals surface area contributed by atoms with Gasteiger partial charge in [0.15, 0.2) is 5.76 Å². The molecular formula is C17H12N2O3. The molecule has 3 aromatic heterocycles. The Morgan fingerprint density at radius 2 is 2.00 bits per heavy atom. The van der Waals surface area contributed by atoms with Crippen LogP contribution >= 0.6 is 0 Å². The Morgan fingerprint density at radius 3 is 2.86 bits per heavy atom. The van der Waals surface area contributed by atoms with E-state index >= 15 is 0 Å². The maximum Gasteiger partial charge on any atom is 0.373 e. The standard InChI is InChI=1S/C17H12N2O3/c1-21-17(20)14-7-6-13(22-14)16-15-10-4-2-3-5-11(10)19-12(15)8-9-18-16/h2-9,19H,1H3. The molecule has 5 nitrogen and oxygen atoms in total. The normalized spacial score (nSPS) is 11.1. The van der Waals surface area contributed by atoms with E-state index < -0.39 is 5.97 Å². The monoisotopic (exact) mass is 292 g/mol. The van der Waals surface area contributed by atoms with E-state index in [2.05, 4.69) is 14.7 Å². The van der Waals surface area contributed by atoms with Crippen LogP contribution in [-0.2, 0) is 4.74 Å². The lowest BCUT2D eigenvalue weighted by Gasteiger charge is -2.00. The summed E-state index contributed by atoms with van der Waals surface area (Å²) >= 11 is 0. The first kappa shape index (κ1) is 12.6. The lowest BCUT2D eigenvalue weighted by atomic mass is 10.1. The smallest absolute Gasteiger partial charge is 0.373 e. The summed E-state index contributed by atoms with van der Waals surface area (Å²) in [6, 6.07) is 13.3. The van der Waals surface area contributed by atoms with Crippen molar-refractivity contribution in [3.05, 3.63) is 54.4 Å². The van der Waals surface area contributed by atoms with E-state index in [4.69, 9.17) is 4.42 Å². The Bertz CT molecular complexity index is 997. The van der Waals surface area contributed by atoms with E-state index in [0.717, 1.165) is 21.8 Å². The molecule has 0 unspecified atom stereocenters. The molecular weight excluding hydrogens is 280 g/mol. The molecule has 22 heavy (non-hydrogen) atoms. The van der Waals surface area contributed by atoms with Crippen molar-refractivity contribution < 1.29 is 13.9 Å². The maximum atomic E-state index is 11.5. The predicted octanol–water partition coefficient (Wildman–Crippen LogP) is 3.76. The van der Waals surface area contributed by atoms with Crippen LogP contribution in [-0.4, -0.2) is 23.0 Å². The number of pyridine rings is 1. The fourth-order valence-electron chi connectivity index (χ4n) is 2.66. The summed E-state index contributed by atoms with van der Waals surface area (Å²) in [7, 11) is 1.32. The average molecular weight is 292 g/mol. The zero-order valence-electron chi connectivity index (χ0n) is 11.8. The van der Waals surface area contributed by atoms with Crippen LogP contribution in [0.2, 0.25) is 0 Å². The van der Waals surface area contributed by atoms with Gasteiger partial charge in [0.05, 0.1) is 12.6 Å². The molecule has 108 valence electrons. The first-order valence-corrected chi connectivity index (χ1v) is 6.82. The summed E-state index contributed by atoms with van der Waals surface area (Å²) in [6.07, 6.45) is 1.72. The van der Waals surface area contributed by atoms with Crippen LogP contribution in [0.5, 0.6) is 0 Å². The molecule has 0 spiro atoms. The second-order valence-corrected chi connectivity index (χ2v) is 4.91. The van der Waals surface area contributed by atoms with E-state index in [1.165, 1.54) is 7.11 Å². The zero-order valence-corrected chi connectivity index (χ0v) is 11.8. The Morgan fingerprint density at radius 1 is 1.14 bits per heavy atom. The molecule has 3 heterocycles. The topological polar surface area (TPSA) is 68.1 Å². The molecule has 0 fully saturated rings. The number of hydrogen-bond acceptors (Lipinski definition) is 4. The summed E-state index contributed by atoms with van der Waals surface area (Å²) in [6.45, 7) is 0. The van der Waals surface area contributed by atoms with E-state index in [1.807, 2.05) is 30.3 Å². The molecule has 0 saturated carbocycles. The molecule has 0 atom stereocenters. The number of nitrogens with one attached hydrogen (secondary N) is 1. The highest BCUT2D eigenvalue weighted by Gasteiger charge is 2.17. The van der Waals surface area contributed by atoms with Gasteiger partial charge in [-0.25, -0.2) is 4.79 Å². The van der Waals surface area contributed by atoms with Gasteiger partial charge in [-0.15, -0.1) is 0 Å². The number of rotatable bonds is 2. The minimum Gasteiger partial charge on any atom is -0.463 e. The first-order valence-electron chi connectivity index (χ1n) is 6.82. The van der Waals surface area contributed by atoms with Crippen LogP contribution in [0.3, 0.4) is 0 Å². The van der Waals surface area contributed by atoms with Gasteiger partial charge in [0.1, 0.15) is 5.69 Å². The summed E-state index contributed by atoms with van der Waals surface area (Å²) in [5, 5.41) is 2.04. The number of carbonyl (C=O) groups excluding carboxylic acids is 1.